The fourth-order valence-corrected chi connectivity index (χ4v) is 3.76. The Morgan fingerprint density at radius 3 is 1.76 bits per heavy atom. The van der Waals surface area contributed by atoms with Gasteiger partial charge >= 0.3 is 0 Å². The van der Waals surface area contributed by atoms with E-state index in [4.69, 9.17) is 9.47 Å². The Kier molecular flexibility index (Phi) is 18.4. The monoisotopic (exact) mass is 404 g/mol. The molecule has 0 radical (unpaired) electrons. The molecule has 1 aromatic rings. The maximum Gasteiger partial charge on any atom is 0.0812 e. The van der Waals surface area contributed by atoms with Gasteiger partial charge in [-0.1, -0.05) is 128 Å². The molecule has 0 aliphatic carbocycles. The molecule has 0 fully saturated rings. The van der Waals surface area contributed by atoms with Gasteiger partial charge in [-0.15, -0.1) is 0 Å². The predicted molar refractivity (Wildman–Crippen MR) is 126 cm³/mol. The van der Waals surface area contributed by atoms with Crippen LogP contribution >= 0.6 is 0 Å². The van der Waals surface area contributed by atoms with E-state index in [-0.39, 0.29) is 6.10 Å². The first-order chi connectivity index (χ1) is 14.4. The highest BCUT2D eigenvalue weighted by atomic mass is 16.5. The molecule has 0 amide bonds. The Labute approximate surface area is 181 Å². The van der Waals surface area contributed by atoms with Crippen LogP contribution < -0.4 is 0 Å². The van der Waals surface area contributed by atoms with Crippen molar-refractivity contribution in [3.05, 3.63) is 35.9 Å². The van der Waals surface area contributed by atoms with E-state index in [2.05, 4.69) is 38.1 Å². The minimum Gasteiger partial charge on any atom is -0.379 e. The van der Waals surface area contributed by atoms with Gasteiger partial charge in [0.2, 0.25) is 0 Å². The highest BCUT2D eigenvalue weighted by Crippen LogP contribution is 2.13. The summed E-state index contributed by atoms with van der Waals surface area (Å²) in [5.41, 5.74) is 1.24. The summed E-state index contributed by atoms with van der Waals surface area (Å²) in [4.78, 5) is 0. The van der Waals surface area contributed by atoms with Crippen LogP contribution in [0.15, 0.2) is 30.3 Å². The van der Waals surface area contributed by atoms with Crippen LogP contribution in [0, 0.1) is 0 Å². The van der Waals surface area contributed by atoms with Crippen LogP contribution in [0.3, 0.4) is 0 Å². The lowest BCUT2D eigenvalue weighted by Crippen LogP contribution is -2.20. The molecule has 29 heavy (non-hydrogen) atoms. The zero-order valence-electron chi connectivity index (χ0n) is 19.5. The minimum absolute atomic E-state index is 0.224. The molecule has 2 nitrogen and oxygen atoms in total. The molecule has 0 saturated carbocycles. The minimum atomic E-state index is 0.224. The topological polar surface area (TPSA) is 18.5 Å². The highest BCUT2D eigenvalue weighted by molar-refractivity contribution is 5.13. The number of unbranched alkanes of at least 4 members (excludes halogenated alkanes) is 12. The second kappa shape index (κ2) is 20.4. The number of hydrogen-bond donors (Lipinski definition) is 0. The van der Waals surface area contributed by atoms with Crippen LogP contribution in [0.1, 0.15) is 116 Å². The van der Waals surface area contributed by atoms with E-state index in [0.717, 1.165) is 26.1 Å². The summed E-state index contributed by atoms with van der Waals surface area (Å²) in [5, 5.41) is 0. The summed E-state index contributed by atoms with van der Waals surface area (Å²) < 4.78 is 12.0. The summed E-state index contributed by atoms with van der Waals surface area (Å²) in [6, 6.07) is 10.4. The van der Waals surface area contributed by atoms with Crippen LogP contribution in [0.5, 0.6) is 0 Å². The number of hydrogen-bond acceptors (Lipinski definition) is 2. The second-order valence-electron chi connectivity index (χ2n) is 8.52. The molecule has 1 aromatic carbocycles. The highest BCUT2D eigenvalue weighted by Gasteiger charge is 2.08. The summed E-state index contributed by atoms with van der Waals surface area (Å²) in [6.45, 7) is 6.81. The maximum absolute atomic E-state index is 6.06. The summed E-state index contributed by atoms with van der Waals surface area (Å²) >= 11 is 0. The molecular weight excluding hydrogens is 356 g/mol. The van der Waals surface area contributed by atoms with Crippen molar-refractivity contribution >= 4 is 0 Å². The van der Waals surface area contributed by atoms with Gasteiger partial charge in [0.1, 0.15) is 0 Å². The first kappa shape index (κ1) is 26.2. The van der Waals surface area contributed by atoms with Gasteiger partial charge < -0.3 is 9.47 Å². The molecule has 1 unspecified atom stereocenters. The number of rotatable bonds is 21. The van der Waals surface area contributed by atoms with E-state index in [1.54, 1.807) is 0 Å². The van der Waals surface area contributed by atoms with Gasteiger partial charge in [-0.2, -0.15) is 0 Å². The molecule has 0 bridgehead atoms. The van der Waals surface area contributed by atoms with E-state index in [1.807, 2.05) is 6.07 Å². The summed E-state index contributed by atoms with van der Waals surface area (Å²) in [6.07, 6.45) is 20.5. The number of ether oxygens (including phenoxy) is 2. The van der Waals surface area contributed by atoms with E-state index in [9.17, 15) is 0 Å². The zero-order chi connectivity index (χ0) is 20.8. The molecule has 0 N–H and O–H groups in total. The third-order valence-corrected chi connectivity index (χ3v) is 5.64. The maximum atomic E-state index is 6.06. The largest absolute Gasteiger partial charge is 0.379 e. The third kappa shape index (κ3) is 16.6. The van der Waals surface area contributed by atoms with Crippen LogP contribution in [0.25, 0.3) is 0 Å². The van der Waals surface area contributed by atoms with Crippen LogP contribution in [-0.4, -0.2) is 19.3 Å². The van der Waals surface area contributed by atoms with Gasteiger partial charge in [0, 0.05) is 6.61 Å². The normalized spacial score (nSPS) is 12.3. The van der Waals surface area contributed by atoms with Crippen LogP contribution in [0.4, 0.5) is 0 Å². The average Bonchev–Trinajstić information content (AvgIpc) is 2.75. The molecule has 1 rings (SSSR count). The Morgan fingerprint density at radius 1 is 0.655 bits per heavy atom. The Hall–Kier alpha value is -0.860. The molecule has 0 heterocycles. The van der Waals surface area contributed by atoms with Gasteiger partial charge in [0.05, 0.1) is 19.3 Å². The van der Waals surface area contributed by atoms with Crippen molar-refractivity contribution in [2.24, 2.45) is 0 Å². The Morgan fingerprint density at radius 2 is 1.21 bits per heavy atom. The molecule has 1 atom stereocenters. The SMILES string of the molecule is CCCCCCCCCCCCCCCOCC(CCC)OCc1ccccc1. The Bertz CT molecular complexity index is 431. The van der Waals surface area contributed by atoms with Crippen molar-refractivity contribution in [1.29, 1.82) is 0 Å². The molecule has 2 heteroatoms. The average molecular weight is 405 g/mol. The quantitative estimate of drug-likeness (QED) is 0.191. The van der Waals surface area contributed by atoms with E-state index >= 15 is 0 Å². The molecule has 0 saturated heterocycles. The fourth-order valence-electron chi connectivity index (χ4n) is 3.76. The van der Waals surface area contributed by atoms with Crippen molar-refractivity contribution < 1.29 is 9.47 Å². The van der Waals surface area contributed by atoms with Gasteiger partial charge in [-0.3, -0.25) is 0 Å². The van der Waals surface area contributed by atoms with E-state index in [0.29, 0.717) is 6.61 Å². The van der Waals surface area contributed by atoms with Crippen molar-refractivity contribution in [1.82, 2.24) is 0 Å². The van der Waals surface area contributed by atoms with Gasteiger partial charge in [-0.25, -0.2) is 0 Å². The van der Waals surface area contributed by atoms with Crippen molar-refractivity contribution in [2.45, 2.75) is 123 Å². The molecule has 0 spiro atoms. The standard InChI is InChI=1S/C27H48O2/c1-3-5-6-7-8-9-10-11-12-13-14-15-19-23-28-25-27(20-4-2)29-24-26-21-17-16-18-22-26/h16-18,21-22,27H,3-15,19-20,23-25H2,1-2H3. The lowest BCUT2D eigenvalue weighted by atomic mass is 10.0. The van der Waals surface area contributed by atoms with Gasteiger partial charge in [0.15, 0.2) is 0 Å². The van der Waals surface area contributed by atoms with Crippen molar-refractivity contribution in [3.8, 4) is 0 Å². The fraction of sp³-hybridized carbons (Fsp3) is 0.778. The smallest absolute Gasteiger partial charge is 0.0812 e. The molecule has 0 aliphatic rings. The molecule has 0 aliphatic heterocycles. The first-order valence-corrected chi connectivity index (χ1v) is 12.6. The number of benzene rings is 1. The third-order valence-electron chi connectivity index (χ3n) is 5.64. The van der Waals surface area contributed by atoms with Gasteiger partial charge in [0.25, 0.3) is 0 Å². The summed E-state index contributed by atoms with van der Waals surface area (Å²) in [7, 11) is 0. The van der Waals surface area contributed by atoms with Gasteiger partial charge in [-0.05, 0) is 18.4 Å². The molecule has 0 aromatic heterocycles. The van der Waals surface area contributed by atoms with E-state index < -0.39 is 0 Å². The predicted octanol–water partition coefficient (Wildman–Crippen LogP) is 8.48. The van der Waals surface area contributed by atoms with Crippen molar-refractivity contribution in [2.75, 3.05) is 13.2 Å². The first-order valence-electron chi connectivity index (χ1n) is 12.6. The lowest BCUT2D eigenvalue weighted by Gasteiger charge is -2.17. The Balaban J connectivity index is 1.88. The zero-order valence-corrected chi connectivity index (χ0v) is 19.5. The van der Waals surface area contributed by atoms with E-state index in [1.165, 1.54) is 89.0 Å². The van der Waals surface area contributed by atoms with Crippen LogP contribution in [0.2, 0.25) is 0 Å². The summed E-state index contributed by atoms with van der Waals surface area (Å²) in [5.74, 6) is 0. The lowest BCUT2D eigenvalue weighted by molar-refractivity contribution is -0.0295. The van der Waals surface area contributed by atoms with Crippen molar-refractivity contribution in [3.63, 3.8) is 0 Å². The van der Waals surface area contributed by atoms with Crippen LogP contribution in [-0.2, 0) is 16.1 Å². The second-order valence-corrected chi connectivity index (χ2v) is 8.52. The molecular formula is C27H48O2. The molecule has 168 valence electrons.